The first-order valence-corrected chi connectivity index (χ1v) is 13.8. The summed E-state index contributed by atoms with van der Waals surface area (Å²) >= 11 is 1.34. The zero-order valence-corrected chi connectivity index (χ0v) is 21.0. The predicted molar refractivity (Wildman–Crippen MR) is 134 cm³/mol. The highest BCUT2D eigenvalue weighted by atomic mass is 32.2. The molecule has 1 aromatic carbocycles. The first-order valence-electron chi connectivity index (χ1n) is 11.5. The van der Waals surface area contributed by atoms with Crippen LogP contribution in [0.5, 0.6) is 0 Å². The molecule has 178 valence electrons. The van der Waals surface area contributed by atoms with Gasteiger partial charge in [0.2, 0.25) is 10.0 Å². The van der Waals surface area contributed by atoms with Crippen LogP contribution in [0.2, 0.25) is 0 Å². The van der Waals surface area contributed by atoms with Crippen molar-refractivity contribution in [2.75, 3.05) is 26.2 Å². The third kappa shape index (κ3) is 4.23. The van der Waals surface area contributed by atoms with E-state index in [1.54, 1.807) is 16.8 Å². The quantitative estimate of drug-likeness (QED) is 0.531. The Morgan fingerprint density at radius 3 is 2.50 bits per heavy atom. The molecule has 0 radical (unpaired) electrons. The summed E-state index contributed by atoms with van der Waals surface area (Å²) < 4.78 is 30.1. The first-order chi connectivity index (χ1) is 16.3. The van der Waals surface area contributed by atoms with E-state index < -0.39 is 10.0 Å². The zero-order chi connectivity index (χ0) is 23.9. The molecular weight excluding hydrogens is 468 g/mol. The van der Waals surface area contributed by atoms with Gasteiger partial charge in [-0.05, 0) is 43.4 Å². The van der Waals surface area contributed by atoms with Crippen molar-refractivity contribution in [3.8, 4) is 10.7 Å². The molecular formula is C25H28N4O3S2. The Balaban J connectivity index is 1.38. The number of nitrogens with zero attached hydrogens (tertiary/aromatic N) is 4. The monoisotopic (exact) mass is 496 g/mol. The second kappa shape index (κ2) is 9.13. The van der Waals surface area contributed by atoms with Crippen LogP contribution in [0.3, 0.4) is 0 Å². The minimum atomic E-state index is -3.64. The number of benzene rings is 1. The Labute approximate surface area is 204 Å². The number of sulfonamides is 1. The molecule has 0 atom stereocenters. The standard InChI is InChI=1S/C25H28N4O3S2/c1-18-23(25(30)28-12-6-7-13-28)33-24(26-18)22-16-21(17-27(22)2)34(31,32)29-14-10-20(11-15-29)19-8-4-3-5-9-19/h3-5,8-10,16-17H,6-7,11-15H2,1-2H3. The molecule has 5 rings (SSSR count). The molecule has 0 aliphatic carbocycles. The van der Waals surface area contributed by atoms with Crippen molar-refractivity contribution in [3.05, 3.63) is 64.8 Å². The van der Waals surface area contributed by atoms with E-state index in [0.717, 1.165) is 31.5 Å². The van der Waals surface area contributed by atoms with Crippen molar-refractivity contribution in [3.63, 3.8) is 0 Å². The number of rotatable bonds is 5. The van der Waals surface area contributed by atoms with Gasteiger partial charge in [0.05, 0.1) is 11.4 Å². The van der Waals surface area contributed by atoms with Gasteiger partial charge in [-0.25, -0.2) is 13.4 Å². The van der Waals surface area contributed by atoms with Gasteiger partial charge in [0.15, 0.2) is 0 Å². The van der Waals surface area contributed by atoms with Crippen LogP contribution in [-0.4, -0.2) is 59.3 Å². The molecule has 3 aromatic rings. The lowest BCUT2D eigenvalue weighted by Gasteiger charge is -2.25. The van der Waals surface area contributed by atoms with Crippen molar-refractivity contribution in [1.29, 1.82) is 0 Å². The Bertz CT molecular complexity index is 1350. The van der Waals surface area contributed by atoms with Gasteiger partial charge in [-0.15, -0.1) is 11.3 Å². The van der Waals surface area contributed by atoms with Crippen molar-refractivity contribution < 1.29 is 13.2 Å². The van der Waals surface area contributed by atoms with Crippen molar-refractivity contribution in [1.82, 2.24) is 18.8 Å². The summed E-state index contributed by atoms with van der Waals surface area (Å²) in [5, 5.41) is 0.661. The lowest BCUT2D eigenvalue weighted by Crippen LogP contribution is -2.34. The van der Waals surface area contributed by atoms with Crippen molar-refractivity contribution in [2.24, 2.45) is 7.05 Å². The van der Waals surface area contributed by atoms with E-state index in [0.29, 0.717) is 40.8 Å². The Morgan fingerprint density at radius 2 is 1.82 bits per heavy atom. The van der Waals surface area contributed by atoms with E-state index >= 15 is 0 Å². The largest absolute Gasteiger partial charge is 0.347 e. The second-order valence-corrected chi connectivity index (χ2v) is 11.8. The number of hydrogen-bond acceptors (Lipinski definition) is 5. The van der Waals surface area contributed by atoms with Gasteiger partial charge in [-0.3, -0.25) is 4.79 Å². The highest BCUT2D eigenvalue weighted by Crippen LogP contribution is 2.33. The number of aromatic nitrogens is 2. The van der Waals surface area contributed by atoms with Crippen LogP contribution in [0.25, 0.3) is 16.3 Å². The maximum atomic E-state index is 13.4. The van der Waals surface area contributed by atoms with Crippen LogP contribution in [-0.2, 0) is 17.1 Å². The second-order valence-electron chi connectivity index (χ2n) is 8.81. The molecule has 1 fully saturated rings. The maximum Gasteiger partial charge on any atom is 0.265 e. The molecule has 9 heteroatoms. The third-order valence-corrected chi connectivity index (χ3v) is 9.54. The molecule has 0 N–H and O–H groups in total. The molecule has 0 saturated carbocycles. The molecule has 2 aromatic heterocycles. The molecule has 1 saturated heterocycles. The topological polar surface area (TPSA) is 75.5 Å². The summed E-state index contributed by atoms with van der Waals surface area (Å²) in [6.45, 7) is 4.21. The Kier molecular flexibility index (Phi) is 6.18. The highest BCUT2D eigenvalue weighted by molar-refractivity contribution is 7.89. The molecule has 4 heterocycles. The summed E-state index contributed by atoms with van der Waals surface area (Å²) in [6.07, 6.45) is 6.39. The molecule has 0 spiro atoms. The van der Waals surface area contributed by atoms with Crippen LogP contribution in [0.1, 0.15) is 40.2 Å². The van der Waals surface area contributed by atoms with E-state index in [4.69, 9.17) is 0 Å². The van der Waals surface area contributed by atoms with Gasteiger partial charge in [-0.2, -0.15) is 4.31 Å². The van der Waals surface area contributed by atoms with Gasteiger partial charge >= 0.3 is 0 Å². The Hall–Kier alpha value is -2.75. The number of likely N-dealkylation sites (tertiary alicyclic amines) is 1. The minimum Gasteiger partial charge on any atom is -0.347 e. The third-order valence-electron chi connectivity index (χ3n) is 6.54. The van der Waals surface area contributed by atoms with E-state index in [1.165, 1.54) is 21.2 Å². The molecule has 2 aliphatic heterocycles. The number of thiazole rings is 1. The first kappa shape index (κ1) is 23.0. The number of aryl methyl sites for hydroxylation is 2. The smallest absolute Gasteiger partial charge is 0.265 e. The summed E-state index contributed by atoms with van der Waals surface area (Å²) in [6, 6.07) is 11.8. The van der Waals surface area contributed by atoms with Crippen LogP contribution < -0.4 is 0 Å². The summed E-state index contributed by atoms with van der Waals surface area (Å²) in [5.74, 6) is 0.0233. The van der Waals surface area contributed by atoms with Crippen LogP contribution >= 0.6 is 11.3 Å². The number of carbonyl (C=O) groups is 1. The molecule has 0 bridgehead atoms. The van der Waals surface area contributed by atoms with Crippen LogP contribution in [0.15, 0.2) is 53.6 Å². The normalized spacial score (nSPS) is 17.2. The highest BCUT2D eigenvalue weighted by Gasteiger charge is 2.29. The SMILES string of the molecule is Cc1nc(-c2cc(S(=O)(=O)N3CC=C(c4ccccc4)CC3)cn2C)sc1C(=O)N1CCCC1. The van der Waals surface area contributed by atoms with E-state index in [-0.39, 0.29) is 10.8 Å². The van der Waals surface area contributed by atoms with Gasteiger partial charge in [0, 0.05) is 39.4 Å². The van der Waals surface area contributed by atoms with E-state index in [2.05, 4.69) is 17.1 Å². The molecule has 1 amide bonds. The molecule has 2 aliphatic rings. The average Bonchev–Trinajstić information content (AvgIpc) is 3.60. The van der Waals surface area contributed by atoms with Crippen molar-refractivity contribution in [2.45, 2.75) is 31.1 Å². The van der Waals surface area contributed by atoms with E-state index in [9.17, 15) is 13.2 Å². The fraction of sp³-hybridized carbons (Fsp3) is 0.360. The zero-order valence-electron chi connectivity index (χ0n) is 19.4. The van der Waals surface area contributed by atoms with Gasteiger partial charge < -0.3 is 9.47 Å². The lowest BCUT2D eigenvalue weighted by molar-refractivity contribution is 0.0796. The summed E-state index contributed by atoms with van der Waals surface area (Å²) in [7, 11) is -1.82. The van der Waals surface area contributed by atoms with Crippen molar-refractivity contribution >= 4 is 32.8 Å². The van der Waals surface area contributed by atoms with E-state index in [1.807, 2.05) is 43.1 Å². The molecule has 7 nitrogen and oxygen atoms in total. The van der Waals surface area contributed by atoms with Gasteiger partial charge in [0.1, 0.15) is 14.8 Å². The number of carbonyl (C=O) groups excluding carboxylic acids is 1. The van der Waals surface area contributed by atoms with Crippen LogP contribution in [0, 0.1) is 6.92 Å². The van der Waals surface area contributed by atoms with Gasteiger partial charge in [0.25, 0.3) is 5.91 Å². The fourth-order valence-electron chi connectivity index (χ4n) is 4.59. The van der Waals surface area contributed by atoms with Crippen LogP contribution in [0.4, 0.5) is 0 Å². The number of hydrogen-bond donors (Lipinski definition) is 0. The molecule has 0 unspecified atom stereocenters. The summed E-state index contributed by atoms with van der Waals surface area (Å²) in [4.78, 5) is 20.3. The lowest BCUT2D eigenvalue weighted by atomic mass is 10.0. The fourth-order valence-corrected chi connectivity index (χ4v) is 7.13. The Morgan fingerprint density at radius 1 is 1.09 bits per heavy atom. The number of amides is 1. The maximum absolute atomic E-state index is 13.4. The van der Waals surface area contributed by atoms with Gasteiger partial charge in [-0.1, -0.05) is 36.4 Å². The predicted octanol–water partition coefficient (Wildman–Crippen LogP) is 4.17. The summed E-state index contributed by atoms with van der Waals surface area (Å²) in [5.41, 5.74) is 3.70. The molecule has 34 heavy (non-hydrogen) atoms. The average molecular weight is 497 g/mol. The minimum absolute atomic E-state index is 0.0233.